The second kappa shape index (κ2) is 3.30. The molecule has 0 amide bonds. The fraction of sp³-hybridized carbons (Fsp3) is 0.556. The first-order chi connectivity index (χ1) is 5.88. The zero-order valence-electron chi connectivity index (χ0n) is 8.11. The van der Waals surface area contributed by atoms with Crippen molar-refractivity contribution in [1.29, 1.82) is 0 Å². The van der Waals surface area contributed by atoms with Gasteiger partial charge in [-0.1, -0.05) is 0 Å². The lowest BCUT2D eigenvalue weighted by atomic mass is 10.1. The fourth-order valence-electron chi connectivity index (χ4n) is 1.03. The van der Waals surface area contributed by atoms with E-state index in [2.05, 4.69) is 5.10 Å². The maximum Gasteiger partial charge on any atom is 0.179 e. The summed E-state index contributed by atoms with van der Waals surface area (Å²) < 4.78 is 1.57. The van der Waals surface area contributed by atoms with Crippen LogP contribution in [0, 0.1) is 0 Å². The van der Waals surface area contributed by atoms with E-state index >= 15 is 0 Å². The molecule has 0 bridgehead atoms. The summed E-state index contributed by atoms with van der Waals surface area (Å²) in [5.41, 5.74) is -0.371. The predicted molar refractivity (Wildman–Crippen MR) is 48.5 cm³/mol. The Kier molecular flexibility index (Phi) is 2.52. The van der Waals surface area contributed by atoms with Crippen LogP contribution in [0.4, 0.5) is 0 Å². The van der Waals surface area contributed by atoms with Gasteiger partial charge in [0.25, 0.3) is 0 Å². The van der Waals surface area contributed by atoms with Gasteiger partial charge in [0, 0.05) is 13.1 Å². The molecule has 0 aliphatic heterocycles. The van der Waals surface area contributed by atoms with Crippen molar-refractivity contribution in [3.05, 3.63) is 18.0 Å². The summed E-state index contributed by atoms with van der Waals surface area (Å²) in [5.74, 6) is -0.0607. The first-order valence-electron chi connectivity index (χ1n) is 4.15. The predicted octanol–water partition coefficient (Wildman–Crippen LogP) is 0.857. The van der Waals surface area contributed by atoms with Crippen molar-refractivity contribution in [1.82, 2.24) is 9.78 Å². The summed E-state index contributed by atoms with van der Waals surface area (Å²) in [6.45, 7) is 5.25. The van der Waals surface area contributed by atoms with Gasteiger partial charge in [-0.25, -0.2) is 0 Å². The SMILES string of the molecule is CC(=O)c1ccn(CC(C)(C)O)n1. The quantitative estimate of drug-likeness (QED) is 0.705. The van der Waals surface area contributed by atoms with Gasteiger partial charge >= 0.3 is 0 Å². The van der Waals surface area contributed by atoms with Crippen molar-refractivity contribution in [3.63, 3.8) is 0 Å². The van der Waals surface area contributed by atoms with Gasteiger partial charge in [-0.15, -0.1) is 0 Å². The number of aliphatic hydroxyl groups is 1. The molecule has 4 nitrogen and oxygen atoms in total. The Morgan fingerprint density at radius 1 is 1.69 bits per heavy atom. The number of Topliss-reactive ketones (excluding diaryl/α,β-unsaturated/α-hetero) is 1. The van der Waals surface area contributed by atoms with Crippen LogP contribution in [-0.2, 0) is 6.54 Å². The zero-order valence-corrected chi connectivity index (χ0v) is 8.11. The molecule has 4 heteroatoms. The molecule has 1 heterocycles. The molecule has 1 N–H and O–H groups in total. The molecule has 1 aromatic heterocycles. The maximum absolute atomic E-state index is 10.9. The number of rotatable bonds is 3. The van der Waals surface area contributed by atoms with Gasteiger partial charge in [-0.3, -0.25) is 9.48 Å². The van der Waals surface area contributed by atoms with Crippen LogP contribution in [0.2, 0.25) is 0 Å². The highest BCUT2D eigenvalue weighted by molar-refractivity contribution is 5.91. The Hall–Kier alpha value is -1.16. The van der Waals surface area contributed by atoms with E-state index in [4.69, 9.17) is 0 Å². The Labute approximate surface area is 77.2 Å². The van der Waals surface area contributed by atoms with Crippen LogP contribution >= 0.6 is 0 Å². The standard InChI is InChI=1S/C9H14N2O2/c1-7(12)8-4-5-11(10-8)6-9(2,3)13/h4-5,13H,6H2,1-3H3. The third-order valence-electron chi connectivity index (χ3n) is 1.55. The Bertz CT molecular complexity index is 310. The summed E-state index contributed by atoms with van der Waals surface area (Å²) in [7, 11) is 0. The number of carbonyl (C=O) groups is 1. The van der Waals surface area contributed by atoms with E-state index in [0.29, 0.717) is 12.2 Å². The molecule has 0 atom stereocenters. The average Bonchev–Trinajstić information content (AvgIpc) is 2.31. The number of hydrogen-bond acceptors (Lipinski definition) is 3. The molecule has 0 aliphatic carbocycles. The van der Waals surface area contributed by atoms with Gasteiger partial charge in [-0.2, -0.15) is 5.10 Å². The Morgan fingerprint density at radius 2 is 2.31 bits per heavy atom. The Morgan fingerprint density at radius 3 is 2.69 bits per heavy atom. The number of aromatic nitrogens is 2. The summed E-state index contributed by atoms with van der Waals surface area (Å²) in [6, 6.07) is 1.65. The molecule has 0 aliphatic rings. The molecule has 0 saturated heterocycles. The van der Waals surface area contributed by atoms with Crippen LogP contribution < -0.4 is 0 Å². The number of nitrogens with zero attached hydrogens (tertiary/aromatic N) is 2. The van der Waals surface area contributed by atoms with Gasteiger partial charge in [0.2, 0.25) is 0 Å². The van der Waals surface area contributed by atoms with E-state index in [0.717, 1.165) is 0 Å². The maximum atomic E-state index is 10.9. The van der Waals surface area contributed by atoms with Crippen LogP contribution in [-0.4, -0.2) is 26.3 Å². The lowest BCUT2D eigenvalue weighted by Gasteiger charge is -2.16. The number of hydrogen-bond donors (Lipinski definition) is 1. The van der Waals surface area contributed by atoms with E-state index in [9.17, 15) is 9.90 Å². The van der Waals surface area contributed by atoms with E-state index < -0.39 is 5.60 Å². The van der Waals surface area contributed by atoms with Crippen molar-refractivity contribution in [2.75, 3.05) is 0 Å². The van der Waals surface area contributed by atoms with Gasteiger partial charge in [0.1, 0.15) is 5.69 Å². The molecule has 1 aromatic rings. The Balaban J connectivity index is 2.75. The summed E-state index contributed by atoms with van der Waals surface area (Å²) >= 11 is 0. The lowest BCUT2D eigenvalue weighted by Crippen LogP contribution is -2.26. The third-order valence-corrected chi connectivity index (χ3v) is 1.55. The molecule has 72 valence electrons. The summed E-state index contributed by atoms with van der Waals surface area (Å²) in [4.78, 5) is 10.9. The van der Waals surface area contributed by atoms with Crippen LogP contribution in [0.1, 0.15) is 31.3 Å². The lowest BCUT2D eigenvalue weighted by molar-refractivity contribution is 0.0574. The normalized spacial score (nSPS) is 11.7. The molecule has 0 spiro atoms. The minimum Gasteiger partial charge on any atom is -0.389 e. The molecule has 1 rings (SSSR count). The first kappa shape index (κ1) is 9.92. The van der Waals surface area contributed by atoms with Crippen molar-refractivity contribution < 1.29 is 9.90 Å². The number of carbonyl (C=O) groups excluding carboxylic acids is 1. The van der Waals surface area contributed by atoms with E-state index in [1.807, 2.05) is 0 Å². The van der Waals surface area contributed by atoms with Gasteiger partial charge < -0.3 is 5.11 Å². The van der Waals surface area contributed by atoms with E-state index in [1.165, 1.54) is 6.92 Å². The smallest absolute Gasteiger partial charge is 0.179 e. The molecular weight excluding hydrogens is 168 g/mol. The van der Waals surface area contributed by atoms with Crippen molar-refractivity contribution in [2.45, 2.75) is 32.9 Å². The molecule has 0 radical (unpaired) electrons. The topological polar surface area (TPSA) is 55.1 Å². The highest BCUT2D eigenvalue weighted by Crippen LogP contribution is 2.05. The largest absolute Gasteiger partial charge is 0.389 e. The van der Waals surface area contributed by atoms with Crippen LogP contribution in [0.15, 0.2) is 12.3 Å². The second-order valence-corrected chi connectivity index (χ2v) is 3.77. The fourth-order valence-corrected chi connectivity index (χ4v) is 1.03. The average molecular weight is 182 g/mol. The van der Waals surface area contributed by atoms with Crippen LogP contribution in [0.5, 0.6) is 0 Å². The minimum atomic E-state index is -0.805. The van der Waals surface area contributed by atoms with Crippen LogP contribution in [0.3, 0.4) is 0 Å². The molecule has 0 unspecified atom stereocenters. The summed E-state index contributed by atoms with van der Waals surface area (Å²) in [5, 5.41) is 13.5. The minimum absolute atomic E-state index is 0.0607. The highest BCUT2D eigenvalue weighted by atomic mass is 16.3. The molecular formula is C9H14N2O2. The van der Waals surface area contributed by atoms with Crippen molar-refractivity contribution >= 4 is 5.78 Å². The van der Waals surface area contributed by atoms with Gasteiger partial charge in [0.05, 0.1) is 12.1 Å². The molecule has 0 fully saturated rings. The molecule has 0 saturated carbocycles. The number of ketones is 1. The monoisotopic (exact) mass is 182 g/mol. The zero-order chi connectivity index (χ0) is 10.1. The van der Waals surface area contributed by atoms with Gasteiger partial charge in [-0.05, 0) is 19.9 Å². The third kappa shape index (κ3) is 2.99. The van der Waals surface area contributed by atoms with Gasteiger partial charge in [0.15, 0.2) is 5.78 Å². The molecule has 0 aromatic carbocycles. The van der Waals surface area contributed by atoms with Crippen molar-refractivity contribution in [2.24, 2.45) is 0 Å². The van der Waals surface area contributed by atoms with Crippen LogP contribution in [0.25, 0.3) is 0 Å². The van der Waals surface area contributed by atoms with E-state index in [1.54, 1.807) is 30.8 Å². The van der Waals surface area contributed by atoms with Crippen molar-refractivity contribution in [3.8, 4) is 0 Å². The molecule has 13 heavy (non-hydrogen) atoms. The highest BCUT2D eigenvalue weighted by Gasteiger charge is 2.14. The first-order valence-corrected chi connectivity index (χ1v) is 4.15. The van der Waals surface area contributed by atoms with E-state index in [-0.39, 0.29) is 5.78 Å². The second-order valence-electron chi connectivity index (χ2n) is 3.77. The summed E-state index contributed by atoms with van der Waals surface area (Å²) in [6.07, 6.45) is 1.69.